The maximum absolute atomic E-state index is 13.3. The number of amides is 1. The van der Waals surface area contributed by atoms with Gasteiger partial charge in [0.15, 0.2) is 0 Å². The Morgan fingerprint density at radius 1 is 0.966 bits per heavy atom. The molecule has 0 N–H and O–H groups in total. The van der Waals surface area contributed by atoms with Gasteiger partial charge in [0.1, 0.15) is 5.71 Å². The maximum Gasteiger partial charge on any atom is 0.270 e. The van der Waals surface area contributed by atoms with E-state index in [4.69, 9.17) is 39.9 Å². The highest BCUT2D eigenvalue weighted by molar-refractivity contribution is 6.41. The van der Waals surface area contributed by atoms with Crippen molar-refractivity contribution in [3.63, 3.8) is 0 Å². The smallest absolute Gasteiger partial charge is 0.270 e. The molecule has 2 aliphatic rings. The second kappa shape index (κ2) is 8.55. The largest absolute Gasteiger partial charge is 0.338 e. The molecule has 2 aliphatic heterocycles. The van der Waals surface area contributed by atoms with E-state index in [1.807, 2.05) is 47.2 Å². The molecule has 152 valence electrons. The molecule has 0 aliphatic carbocycles. The minimum Gasteiger partial charge on any atom is -0.338 e. The summed E-state index contributed by atoms with van der Waals surface area (Å²) in [5, 5.41) is 8.36. The number of rotatable bonds is 3. The number of carbonyl (C=O) groups is 1. The second-order valence-electron chi connectivity index (χ2n) is 7.56. The van der Waals surface area contributed by atoms with E-state index in [9.17, 15) is 4.79 Å². The average Bonchev–Trinajstić information content (AvgIpc) is 3.05. The van der Waals surface area contributed by atoms with Crippen molar-refractivity contribution in [3.05, 3.63) is 63.1 Å². The summed E-state index contributed by atoms with van der Waals surface area (Å²) in [6.45, 7) is 3.62. The molecule has 0 saturated carbocycles. The van der Waals surface area contributed by atoms with Gasteiger partial charge in [-0.3, -0.25) is 9.80 Å². The lowest BCUT2D eigenvalue weighted by atomic mass is 9.90. The molecular formula is C22H22Cl3N3O. The number of anilines is 1. The molecule has 2 heterocycles. The molecule has 2 aromatic carbocycles. The van der Waals surface area contributed by atoms with Crippen LogP contribution in [0.2, 0.25) is 15.1 Å². The highest BCUT2D eigenvalue weighted by Gasteiger charge is 2.41. The number of hydrazone groups is 1. The first kappa shape index (κ1) is 20.5. The van der Waals surface area contributed by atoms with Crippen molar-refractivity contribution in [2.24, 2.45) is 11.0 Å². The topological polar surface area (TPSA) is 35.9 Å². The molecule has 29 heavy (non-hydrogen) atoms. The van der Waals surface area contributed by atoms with Crippen LogP contribution in [0.15, 0.2) is 47.6 Å². The van der Waals surface area contributed by atoms with Crippen LogP contribution in [0.3, 0.4) is 0 Å². The number of nitrogens with zero attached hydrogens (tertiary/aromatic N) is 3. The van der Waals surface area contributed by atoms with Gasteiger partial charge in [-0.15, -0.1) is 0 Å². The van der Waals surface area contributed by atoms with Crippen molar-refractivity contribution < 1.29 is 4.79 Å². The van der Waals surface area contributed by atoms with E-state index in [0.29, 0.717) is 20.8 Å². The van der Waals surface area contributed by atoms with E-state index in [2.05, 4.69) is 0 Å². The Morgan fingerprint density at radius 2 is 1.62 bits per heavy atom. The third-order valence-corrected chi connectivity index (χ3v) is 6.40. The van der Waals surface area contributed by atoms with Crippen LogP contribution in [-0.2, 0) is 4.79 Å². The SMILES string of the molecule is CC1C(C(=O)N2CCCCC2)=NN(c2ccc(Cl)cc2Cl)C1c1ccc(Cl)cc1. The zero-order valence-corrected chi connectivity index (χ0v) is 18.4. The fourth-order valence-corrected chi connectivity index (χ4v) is 4.71. The van der Waals surface area contributed by atoms with E-state index < -0.39 is 0 Å². The van der Waals surface area contributed by atoms with Crippen LogP contribution in [0.25, 0.3) is 0 Å². The van der Waals surface area contributed by atoms with E-state index >= 15 is 0 Å². The molecule has 0 bridgehead atoms. The van der Waals surface area contributed by atoms with Crippen LogP contribution in [0.4, 0.5) is 5.69 Å². The number of hydrogen-bond acceptors (Lipinski definition) is 3. The third kappa shape index (κ3) is 4.11. The molecule has 4 nitrogen and oxygen atoms in total. The lowest BCUT2D eigenvalue weighted by Crippen LogP contribution is -2.41. The number of halogens is 3. The van der Waals surface area contributed by atoms with Gasteiger partial charge in [0.05, 0.1) is 16.8 Å². The second-order valence-corrected chi connectivity index (χ2v) is 8.84. The highest BCUT2D eigenvalue weighted by atomic mass is 35.5. The molecule has 0 spiro atoms. The molecule has 1 fully saturated rings. The highest BCUT2D eigenvalue weighted by Crippen LogP contribution is 2.42. The van der Waals surface area contributed by atoms with Crippen LogP contribution >= 0.6 is 34.8 Å². The van der Waals surface area contributed by atoms with Gasteiger partial charge >= 0.3 is 0 Å². The molecule has 1 saturated heterocycles. The molecule has 0 aromatic heterocycles. The van der Waals surface area contributed by atoms with Gasteiger partial charge in [-0.2, -0.15) is 5.10 Å². The number of hydrogen-bond donors (Lipinski definition) is 0. The molecule has 0 radical (unpaired) electrons. The predicted octanol–water partition coefficient (Wildman–Crippen LogP) is 6.21. The minimum atomic E-state index is -0.158. The fourth-order valence-electron chi connectivity index (χ4n) is 4.09. The molecule has 2 atom stereocenters. The Bertz CT molecular complexity index is 939. The number of carbonyl (C=O) groups excluding carboxylic acids is 1. The predicted molar refractivity (Wildman–Crippen MR) is 120 cm³/mol. The first-order chi connectivity index (χ1) is 14.0. The van der Waals surface area contributed by atoms with Crippen molar-refractivity contribution in [3.8, 4) is 0 Å². The molecule has 4 rings (SSSR count). The molecule has 1 amide bonds. The summed E-state index contributed by atoms with van der Waals surface area (Å²) >= 11 is 18.7. The van der Waals surface area contributed by atoms with E-state index in [1.165, 1.54) is 6.42 Å². The quantitative estimate of drug-likeness (QED) is 0.557. The summed E-state index contributed by atoms with van der Waals surface area (Å²) in [6.07, 6.45) is 3.26. The number of likely N-dealkylation sites (tertiary alicyclic amines) is 1. The van der Waals surface area contributed by atoms with Crippen LogP contribution in [0.5, 0.6) is 0 Å². The van der Waals surface area contributed by atoms with Crippen molar-refractivity contribution in [2.45, 2.75) is 32.2 Å². The zero-order chi connectivity index (χ0) is 20.5. The van der Waals surface area contributed by atoms with Gasteiger partial charge in [-0.25, -0.2) is 0 Å². The summed E-state index contributed by atoms with van der Waals surface area (Å²) in [7, 11) is 0. The van der Waals surface area contributed by atoms with Crippen LogP contribution < -0.4 is 5.01 Å². The lowest BCUT2D eigenvalue weighted by Gasteiger charge is -2.29. The Balaban J connectivity index is 1.75. The first-order valence-corrected chi connectivity index (χ1v) is 11.0. The Labute approximate surface area is 186 Å². The van der Waals surface area contributed by atoms with Crippen molar-refractivity contribution >= 4 is 52.1 Å². The summed E-state index contributed by atoms with van der Waals surface area (Å²) in [6, 6.07) is 12.8. The van der Waals surface area contributed by atoms with Crippen molar-refractivity contribution in [1.29, 1.82) is 0 Å². The van der Waals surface area contributed by atoms with Crippen LogP contribution in [0.1, 0.15) is 37.8 Å². The summed E-state index contributed by atoms with van der Waals surface area (Å²) in [5.74, 6) is -0.0823. The number of piperidine rings is 1. The molecular weight excluding hydrogens is 429 g/mol. The molecule has 2 unspecified atom stereocenters. The number of benzene rings is 2. The van der Waals surface area contributed by atoms with Crippen LogP contribution in [-0.4, -0.2) is 29.6 Å². The first-order valence-electron chi connectivity index (χ1n) is 9.83. The lowest BCUT2D eigenvalue weighted by molar-refractivity contribution is -0.125. The van der Waals surface area contributed by atoms with E-state index in [-0.39, 0.29) is 17.9 Å². The Hall–Kier alpha value is -1.75. The molecule has 7 heteroatoms. The van der Waals surface area contributed by atoms with Gasteiger partial charge in [0.2, 0.25) is 0 Å². The van der Waals surface area contributed by atoms with Gasteiger partial charge in [0.25, 0.3) is 5.91 Å². The monoisotopic (exact) mass is 449 g/mol. The minimum absolute atomic E-state index is 0.0174. The normalized spacial score (nSPS) is 22.0. The van der Waals surface area contributed by atoms with Crippen molar-refractivity contribution in [1.82, 2.24) is 4.90 Å². The van der Waals surface area contributed by atoms with Gasteiger partial charge in [-0.05, 0) is 55.2 Å². The standard InChI is InChI=1S/C22H22Cl3N3O/c1-14-20(22(29)27-11-3-2-4-12-27)26-28(19-10-9-17(24)13-18(19)25)21(14)15-5-7-16(23)8-6-15/h5-10,13-14,21H,2-4,11-12H2,1H3. The van der Waals surface area contributed by atoms with Gasteiger partial charge in [0, 0.05) is 29.1 Å². The third-order valence-electron chi connectivity index (χ3n) is 5.61. The maximum atomic E-state index is 13.3. The van der Waals surface area contributed by atoms with Gasteiger partial charge in [-0.1, -0.05) is 53.9 Å². The summed E-state index contributed by atoms with van der Waals surface area (Å²) < 4.78 is 0. The van der Waals surface area contributed by atoms with E-state index in [0.717, 1.165) is 37.2 Å². The Kier molecular flexibility index (Phi) is 6.05. The van der Waals surface area contributed by atoms with E-state index in [1.54, 1.807) is 12.1 Å². The van der Waals surface area contributed by atoms with Gasteiger partial charge < -0.3 is 4.90 Å². The summed E-state index contributed by atoms with van der Waals surface area (Å²) in [4.78, 5) is 15.2. The van der Waals surface area contributed by atoms with Crippen LogP contribution in [0, 0.1) is 5.92 Å². The average molecular weight is 451 g/mol. The fraction of sp³-hybridized carbons (Fsp3) is 0.364. The summed E-state index contributed by atoms with van der Waals surface area (Å²) in [5.41, 5.74) is 2.32. The zero-order valence-electron chi connectivity index (χ0n) is 16.1. The Morgan fingerprint density at radius 3 is 2.28 bits per heavy atom. The van der Waals surface area contributed by atoms with Crippen molar-refractivity contribution in [2.75, 3.05) is 18.1 Å². The molecule has 2 aromatic rings.